The van der Waals surface area contributed by atoms with Crippen LogP contribution in [0.1, 0.15) is 40.0 Å². The predicted octanol–water partition coefficient (Wildman–Crippen LogP) is 1.44. The van der Waals surface area contributed by atoms with Gasteiger partial charge in [0, 0.05) is 26.6 Å². The van der Waals surface area contributed by atoms with Crippen molar-refractivity contribution in [2.45, 2.75) is 40.0 Å². The first-order valence-electron chi connectivity index (χ1n) is 7.60. The van der Waals surface area contributed by atoms with Crippen LogP contribution in [0.5, 0.6) is 0 Å². The molecule has 0 aliphatic carbocycles. The van der Waals surface area contributed by atoms with Crippen molar-refractivity contribution in [3.05, 3.63) is 0 Å². The molecule has 0 aromatic heterocycles. The van der Waals surface area contributed by atoms with Crippen LogP contribution in [0.15, 0.2) is 0 Å². The molecule has 0 saturated carbocycles. The Kier molecular flexibility index (Phi) is 10.1. The molecule has 0 unspecified atom stereocenters. The Bertz CT molecular complexity index is 287. The molecule has 0 aliphatic heterocycles. The van der Waals surface area contributed by atoms with Gasteiger partial charge in [-0.3, -0.25) is 9.59 Å². The van der Waals surface area contributed by atoms with Crippen molar-refractivity contribution in [3.8, 4) is 0 Å². The van der Waals surface area contributed by atoms with Gasteiger partial charge in [0.25, 0.3) is 0 Å². The molecule has 0 aromatic carbocycles. The van der Waals surface area contributed by atoms with Crippen LogP contribution in [0, 0.1) is 0 Å². The molecular weight excluding hydrogens is 254 g/mol. The molecule has 20 heavy (non-hydrogen) atoms. The van der Waals surface area contributed by atoms with E-state index in [1.54, 1.807) is 4.90 Å². The standard InChI is InChI=1S/C15H31N3O2/c1-6-9-17(10-7-2)15(20)13-18(14(3)19)12-8-11-16(4)5/h6-13H2,1-5H3. The fourth-order valence-electron chi connectivity index (χ4n) is 2.09. The van der Waals surface area contributed by atoms with Gasteiger partial charge < -0.3 is 14.7 Å². The van der Waals surface area contributed by atoms with Gasteiger partial charge in [-0.15, -0.1) is 0 Å². The summed E-state index contributed by atoms with van der Waals surface area (Å²) in [4.78, 5) is 29.5. The Balaban J connectivity index is 4.40. The quantitative estimate of drug-likeness (QED) is 0.610. The minimum Gasteiger partial charge on any atom is -0.341 e. The molecular formula is C15H31N3O2. The highest BCUT2D eigenvalue weighted by molar-refractivity contribution is 5.83. The molecule has 5 heteroatoms. The molecule has 0 bridgehead atoms. The first-order valence-corrected chi connectivity index (χ1v) is 7.60. The van der Waals surface area contributed by atoms with E-state index in [0.717, 1.165) is 38.9 Å². The number of hydrogen-bond donors (Lipinski definition) is 0. The SMILES string of the molecule is CCCN(CCC)C(=O)CN(CCCN(C)C)C(C)=O. The summed E-state index contributed by atoms with van der Waals surface area (Å²) < 4.78 is 0. The minimum atomic E-state index is -0.0231. The third kappa shape index (κ3) is 8.15. The highest BCUT2D eigenvalue weighted by atomic mass is 16.2. The Morgan fingerprint density at radius 3 is 1.80 bits per heavy atom. The molecule has 0 aromatic rings. The number of carbonyl (C=O) groups is 2. The third-order valence-corrected chi connectivity index (χ3v) is 3.14. The lowest BCUT2D eigenvalue weighted by molar-refractivity contribution is -0.139. The molecule has 0 atom stereocenters. The second kappa shape index (κ2) is 10.7. The van der Waals surface area contributed by atoms with Gasteiger partial charge >= 0.3 is 0 Å². The average molecular weight is 285 g/mol. The molecule has 0 fully saturated rings. The Morgan fingerprint density at radius 1 is 0.850 bits per heavy atom. The molecule has 118 valence electrons. The molecule has 0 heterocycles. The molecule has 0 saturated heterocycles. The molecule has 0 rings (SSSR count). The number of nitrogens with zero attached hydrogens (tertiary/aromatic N) is 3. The third-order valence-electron chi connectivity index (χ3n) is 3.14. The van der Waals surface area contributed by atoms with Crippen LogP contribution in [0.25, 0.3) is 0 Å². The van der Waals surface area contributed by atoms with Gasteiger partial charge in [-0.1, -0.05) is 13.8 Å². The van der Waals surface area contributed by atoms with E-state index >= 15 is 0 Å². The van der Waals surface area contributed by atoms with Gasteiger partial charge in [0.15, 0.2) is 0 Å². The largest absolute Gasteiger partial charge is 0.341 e. The highest BCUT2D eigenvalue weighted by Crippen LogP contribution is 2.00. The monoisotopic (exact) mass is 285 g/mol. The number of amides is 2. The van der Waals surface area contributed by atoms with Gasteiger partial charge in [-0.25, -0.2) is 0 Å². The van der Waals surface area contributed by atoms with Crippen LogP contribution in [-0.4, -0.2) is 73.3 Å². The molecule has 0 N–H and O–H groups in total. The van der Waals surface area contributed by atoms with E-state index in [9.17, 15) is 9.59 Å². The van der Waals surface area contributed by atoms with Crippen LogP contribution < -0.4 is 0 Å². The van der Waals surface area contributed by atoms with Crippen LogP contribution >= 0.6 is 0 Å². The lowest BCUT2D eigenvalue weighted by atomic mass is 10.3. The van der Waals surface area contributed by atoms with Gasteiger partial charge in [-0.2, -0.15) is 0 Å². The van der Waals surface area contributed by atoms with E-state index in [-0.39, 0.29) is 18.4 Å². The maximum Gasteiger partial charge on any atom is 0.242 e. The highest BCUT2D eigenvalue weighted by Gasteiger charge is 2.17. The predicted molar refractivity (Wildman–Crippen MR) is 82.6 cm³/mol. The Hall–Kier alpha value is -1.10. The number of carbonyl (C=O) groups excluding carboxylic acids is 2. The normalized spacial score (nSPS) is 10.7. The van der Waals surface area contributed by atoms with Gasteiger partial charge in [0.2, 0.25) is 11.8 Å². The lowest BCUT2D eigenvalue weighted by Gasteiger charge is -2.27. The Morgan fingerprint density at radius 2 is 1.40 bits per heavy atom. The van der Waals surface area contributed by atoms with Crippen molar-refractivity contribution in [2.75, 3.05) is 46.8 Å². The first-order chi connectivity index (χ1) is 9.42. The molecule has 0 radical (unpaired) electrons. The van der Waals surface area contributed by atoms with Gasteiger partial charge in [-0.05, 0) is 39.9 Å². The lowest BCUT2D eigenvalue weighted by Crippen LogP contribution is -2.43. The van der Waals surface area contributed by atoms with Gasteiger partial charge in [0.1, 0.15) is 0 Å². The summed E-state index contributed by atoms with van der Waals surface area (Å²) in [7, 11) is 4.01. The zero-order valence-electron chi connectivity index (χ0n) is 13.8. The van der Waals surface area contributed by atoms with Crippen molar-refractivity contribution in [1.82, 2.24) is 14.7 Å². The summed E-state index contributed by atoms with van der Waals surface area (Å²) in [5.74, 6) is 0.0406. The molecule has 2 amide bonds. The van der Waals surface area contributed by atoms with Crippen molar-refractivity contribution in [3.63, 3.8) is 0 Å². The van der Waals surface area contributed by atoms with Crippen LogP contribution in [0.2, 0.25) is 0 Å². The average Bonchev–Trinajstić information content (AvgIpc) is 2.36. The summed E-state index contributed by atoms with van der Waals surface area (Å²) in [5.41, 5.74) is 0. The van der Waals surface area contributed by atoms with Crippen molar-refractivity contribution in [1.29, 1.82) is 0 Å². The van der Waals surface area contributed by atoms with E-state index in [4.69, 9.17) is 0 Å². The van der Waals surface area contributed by atoms with E-state index in [0.29, 0.717) is 6.54 Å². The molecule has 0 spiro atoms. The van der Waals surface area contributed by atoms with Crippen LogP contribution in [-0.2, 0) is 9.59 Å². The molecule has 0 aliphatic rings. The fourth-order valence-corrected chi connectivity index (χ4v) is 2.09. The van der Waals surface area contributed by atoms with Crippen molar-refractivity contribution in [2.24, 2.45) is 0 Å². The van der Waals surface area contributed by atoms with E-state index in [1.165, 1.54) is 6.92 Å². The van der Waals surface area contributed by atoms with Gasteiger partial charge in [0.05, 0.1) is 6.54 Å². The first kappa shape index (κ1) is 18.9. The second-order valence-corrected chi connectivity index (χ2v) is 5.48. The zero-order chi connectivity index (χ0) is 15.5. The van der Waals surface area contributed by atoms with E-state index in [2.05, 4.69) is 18.7 Å². The zero-order valence-corrected chi connectivity index (χ0v) is 13.8. The fraction of sp³-hybridized carbons (Fsp3) is 0.867. The number of rotatable bonds is 10. The van der Waals surface area contributed by atoms with E-state index in [1.807, 2.05) is 19.0 Å². The Labute approximate surface area is 123 Å². The summed E-state index contributed by atoms with van der Waals surface area (Å²) in [6.07, 6.45) is 2.79. The van der Waals surface area contributed by atoms with Crippen molar-refractivity contribution < 1.29 is 9.59 Å². The van der Waals surface area contributed by atoms with Crippen LogP contribution in [0.3, 0.4) is 0 Å². The summed E-state index contributed by atoms with van der Waals surface area (Å²) in [5, 5.41) is 0. The molecule has 5 nitrogen and oxygen atoms in total. The number of hydrogen-bond acceptors (Lipinski definition) is 3. The van der Waals surface area contributed by atoms with E-state index < -0.39 is 0 Å². The summed E-state index contributed by atoms with van der Waals surface area (Å²) in [6.45, 7) is 8.99. The topological polar surface area (TPSA) is 43.9 Å². The van der Waals surface area contributed by atoms with Crippen molar-refractivity contribution >= 4 is 11.8 Å². The summed E-state index contributed by atoms with van der Waals surface area (Å²) >= 11 is 0. The smallest absolute Gasteiger partial charge is 0.242 e. The van der Waals surface area contributed by atoms with Crippen LogP contribution in [0.4, 0.5) is 0 Å². The summed E-state index contributed by atoms with van der Waals surface area (Å²) in [6, 6.07) is 0. The minimum absolute atomic E-state index is 0.0231. The maximum atomic E-state index is 12.3. The second-order valence-electron chi connectivity index (χ2n) is 5.48. The maximum absolute atomic E-state index is 12.3.